The van der Waals surface area contributed by atoms with E-state index in [2.05, 4.69) is 26.1 Å². The minimum absolute atomic E-state index is 0.391. The quantitative estimate of drug-likeness (QED) is 0.654. The summed E-state index contributed by atoms with van der Waals surface area (Å²) in [6.07, 6.45) is 2.03. The zero-order valence-electron chi connectivity index (χ0n) is 7.76. The van der Waals surface area contributed by atoms with Gasteiger partial charge in [0.15, 0.2) is 0 Å². The zero-order valence-corrected chi connectivity index (χ0v) is 7.76. The third-order valence-corrected chi connectivity index (χ3v) is 2.46. The Hall–Kier alpha value is -0.0800. The first-order chi connectivity index (χ1) is 5.24. The van der Waals surface area contributed by atoms with Crippen LogP contribution in [0.15, 0.2) is 0 Å². The van der Waals surface area contributed by atoms with Crippen molar-refractivity contribution in [3.63, 3.8) is 0 Å². The minimum Gasteiger partial charge on any atom is -0.372 e. The van der Waals surface area contributed by atoms with Crippen LogP contribution in [0.3, 0.4) is 0 Å². The van der Waals surface area contributed by atoms with E-state index in [1.54, 1.807) is 0 Å². The summed E-state index contributed by atoms with van der Waals surface area (Å²) in [6.45, 7) is 8.63. The van der Waals surface area contributed by atoms with E-state index < -0.39 is 0 Å². The lowest BCUT2D eigenvalue weighted by Crippen LogP contribution is -2.46. The summed E-state index contributed by atoms with van der Waals surface area (Å²) in [4.78, 5) is 0. The largest absolute Gasteiger partial charge is 0.372 e. The van der Waals surface area contributed by atoms with Crippen molar-refractivity contribution in [1.82, 2.24) is 5.32 Å². The van der Waals surface area contributed by atoms with Crippen LogP contribution in [0.1, 0.15) is 27.2 Å². The summed E-state index contributed by atoms with van der Waals surface area (Å²) in [7, 11) is 0. The van der Waals surface area contributed by atoms with Crippen LogP contribution in [0.25, 0.3) is 0 Å². The van der Waals surface area contributed by atoms with Gasteiger partial charge in [-0.2, -0.15) is 0 Å². The highest BCUT2D eigenvalue weighted by Gasteiger charge is 2.22. The molecule has 2 nitrogen and oxygen atoms in total. The fourth-order valence-electron chi connectivity index (χ4n) is 1.42. The number of nitrogens with one attached hydrogen (secondary N) is 1. The van der Waals surface area contributed by atoms with Crippen molar-refractivity contribution in [3.8, 4) is 0 Å². The molecule has 3 atom stereocenters. The van der Waals surface area contributed by atoms with Crippen LogP contribution in [0.4, 0.5) is 0 Å². The van der Waals surface area contributed by atoms with E-state index in [1.165, 1.54) is 6.42 Å². The highest BCUT2D eigenvalue weighted by molar-refractivity contribution is 4.75. The van der Waals surface area contributed by atoms with Crippen LogP contribution in [0, 0.1) is 5.92 Å². The SMILES string of the molecule is CCC(C)C1CNCC(C)O1. The number of morpholine rings is 1. The number of hydrogen-bond acceptors (Lipinski definition) is 2. The molecule has 66 valence electrons. The molecule has 1 saturated heterocycles. The Morgan fingerprint density at radius 2 is 2.27 bits per heavy atom. The van der Waals surface area contributed by atoms with Gasteiger partial charge in [-0.1, -0.05) is 20.3 Å². The summed E-state index contributed by atoms with van der Waals surface area (Å²) < 4.78 is 5.78. The van der Waals surface area contributed by atoms with Crippen LogP contribution in [0.2, 0.25) is 0 Å². The van der Waals surface area contributed by atoms with Gasteiger partial charge in [-0.3, -0.25) is 0 Å². The van der Waals surface area contributed by atoms with Crippen molar-refractivity contribution < 1.29 is 4.74 Å². The van der Waals surface area contributed by atoms with Gasteiger partial charge in [0.05, 0.1) is 12.2 Å². The molecule has 1 heterocycles. The zero-order chi connectivity index (χ0) is 8.27. The fourth-order valence-corrected chi connectivity index (χ4v) is 1.42. The van der Waals surface area contributed by atoms with Crippen molar-refractivity contribution in [3.05, 3.63) is 0 Å². The van der Waals surface area contributed by atoms with Gasteiger partial charge in [0.25, 0.3) is 0 Å². The Kier molecular flexibility index (Phi) is 3.34. The molecule has 0 radical (unpaired) electrons. The third kappa shape index (κ3) is 2.46. The van der Waals surface area contributed by atoms with E-state index in [0.29, 0.717) is 18.1 Å². The molecule has 2 heteroatoms. The molecule has 1 rings (SSSR count). The molecule has 0 aliphatic carbocycles. The van der Waals surface area contributed by atoms with Crippen molar-refractivity contribution >= 4 is 0 Å². The third-order valence-electron chi connectivity index (χ3n) is 2.46. The van der Waals surface area contributed by atoms with Crippen LogP contribution < -0.4 is 5.32 Å². The summed E-state index contributed by atoms with van der Waals surface area (Å²) >= 11 is 0. The first-order valence-corrected chi connectivity index (χ1v) is 4.60. The average Bonchev–Trinajstić information content (AvgIpc) is 2.03. The molecule has 0 amide bonds. The predicted octanol–water partition coefficient (Wildman–Crippen LogP) is 1.41. The van der Waals surface area contributed by atoms with Crippen LogP contribution in [-0.2, 0) is 4.74 Å². The van der Waals surface area contributed by atoms with Gasteiger partial charge in [-0.15, -0.1) is 0 Å². The second-order valence-electron chi connectivity index (χ2n) is 3.53. The van der Waals surface area contributed by atoms with Crippen molar-refractivity contribution in [2.24, 2.45) is 5.92 Å². The van der Waals surface area contributed by atoms with Gasteiger partial charge in [-0.05, 0) is 12.8 Å². The first kappa shape index (κ1) is 9.01. The van der Waals surface area contributed by atoms with Gasteiger partial charge in [0.2, 0.25) is 0 Å². The highest BCUT2D eigenvalue weighted by Crippen LogP contribution is 2.15. The Balaban J connectivity index is 2.33. The summed E-state index contributed by atoms with van der Waals surface area (Å²) in [5.74, 6) is 0.685. The lowest BCUT2D eigenvalue weighted by Gasteiger charge is -2.32. The molecular formula is C9H19NO. The van der Waals surface area contributed by atoms with E-state index in [4.69, 9.17) is 4.74 Å². The second kappa shape index (κ2) is 4.07. The Labute approximate surface area is 69.3 Å². The first-order valence-electron chi connectivity index (χ1n) is 4.60. The maximum atomic E-state index is 5.78. The molecule has 1 fully saturated rings. The van der Waals surface area contributed by atoms with Crippen LogP contribution in [-0.4, -0.2) is 25.3 Å². The Bertz CT molecular complexity index is 116. The van der Waals surface area contributed by atoms with Gasteiger partial charge in [0, 0.05) is 13.1 Å². The molecule has 1 aliphatic heterocycles. The molecule has 1 N–H and O–H groups in total. The van der Waals surface area contributed by atoms with E-state index in [9.17, 15) is 0 Å². The maximum absolute atomic E-state index is 5.78. The highest BCUT2D eigenvalue weighted by atomic mass is 16.5. The molecule has 0 saturated carbocycles. The van der Waals surface area contributed by atoms with Crippen molar-refractivity contribution in [1.29, 1.82) is 0 Å². The molecule has 1 aliphatic rings. The molecule has 11 heavy (non-hydrogen) atoms. The molecule has 0 aromatic carbocycles. The topological polar surface area (TPSA) is 21.3 Å². The molecule has 0 bridgehead atoms. The number of ether oxygens (including phenoxy) is 1. The van der Waals surface area contributed by atoms with Gasteiger partial charge >= 0.3 is 0 Å². The number of rotatable bonds is 2. The van der Waals surface area contributed by atoms with Crippen molar-refractivity contribution in [2.45, 2.75) is 39.4 Å². The van der Waals surface area contributed by atoms with E-state index in [0.717, 1.165) is 13.1 Å². The maximum Gasteiger partial charge on any atom is 0.0729 e. The molecule has 0 aromatic rings. The van der Waals surface area contributed by atoms with E-state index >= 15 is 0 Å². The Morgan fingerprint density at radius 1 is 1.55 bits per heavy atom. The Morgan fingerprint density at radius 3 is 2.82 bits per heavy atom. The predicted molar refractivity (Wildman–Crippen MR) is 46.7 cm³/mol. The number of hydrogen-bond donors (Lipinski definition) is 1. The summed E-state index contributed by atoms with van der Waals surface area (Å²) in [6, 6.07) is 0. The molecule has 3 unspecified atom stereocenters. The lowest BCUT2D eigenvalue weighted by atomic mass is 10.0. The minimum atomic E-state index is 0.391. The van der Waals surface area contributed by atoms with Gasteiger partial charge in [0.1, 0.15) is 0 Å². The van der Waals surface area contributed by atoms with Crippen molar-refractivity contribution in [2.75, 3.05) is 13.1 Å². The lowest BCUT2D eigenvalue weighted by molar-refractivity contribution is -0.0537. The second-order valence-corrected chi connectivity index (χ2v) is 3.53. The smallest absolute Gasteiger partial charge is 0.0729 e. The monoisotopic (exact) mass is 157 g/mol. The summed E-state index contributed by atoms with van der Waals surface area (Å²) in [5, 5.41) is 3.37. The van der Waals surface area contributed by atoms with Crippen LogP contribution in [0.5, 0.6) is 0 Å². The fraction of sp³-hybridized carbons (Fsp3) is 1.00. The average molecular weight is 157 g/mol. The standard InChI is InChI=1S/C9H19NO/c1-4-7(2)9-6-10-5-8(3)11-9/h7-10H,4-6H2,1-3H3. The molecule has 0 aromatic heterocycles. The van der Waals surface area contributed by atoms with E-state index in [-0.39, 0.29) is 0 Å². The normalized spacial score (nSPS) is 35.2. The van der Waals surface area contributed by atoms with E-state index in [1.807, 2.05) is 0 Å². The van der Waals surface area contributed by atoms with Gasteiger partial charge in [-0.25, -0.2) is 0 Å². The molecular weight excluding hydrogens is 138 g/mol. The molecule has 0 spiro atoms. The summed E-state index contributed by atoms with van der Waals surface area (Å²) in [5.41, 5.74) is 0. The van der Waals surface area contributed by atoms with Crippen LogP contribution >= 0.6 is 0 Å². The van der Waals surface area contributed by atoms with Gasteiger partial charge < -0.3 is 10.1 Å².